The molecule has 0 spiro atoms. The summed E-state index contributed by atoms with van der Waals surface area (Å²) in [6.07, 6.45) is 2.87. The molecule has 0 aliphatic heterocycles. The number of benzene rings is 1. The summed E-state index contributed by atoms with van der Waals surface area (Å²) in [6, 6.07) is 13.7. The first-order valence-corrected chi connectivity index (χ1v) is 9.15. The Labute approximate surface area is 150 Å². The van der Waals surface area contributed by atoms with Crippen LogP contribution in [0.1, 0.15) is 26.3 Å². The van der Waals surface area contributed by atoms with Crippen molar-refractivity contribution < 1.29 is 4.39 Å². The molecule has 4 aromatic rings. The molecular formula is C21H19FN2S. The fourth-order valence-corrected chi connectivity index (χ4v) is 4.39. The van der Waals surface area contributed by atoms with Crippen molar-refractivity contribution in [2.24, 2.45) is 5.41 Å². The van der Waals surface area contributed by atoms with Gasteiger partial charge in [0.1, 0.15) is 4.83 Å². The molecule has 0 atom stereocenters. The van der Waals surface area contributed by atoms with Crippen LogP contribution in [0.5, 0.6) is 0 Å². The van der Waals surface area contributed by atoms with Gasteiger partial charge in [0.25, 0.3) is 0 Å². The molecule has 0 saturated heterocycles. The van der Waals surface area contributed by atoms with Crippen LogP contribution in [0.15, 0.2) is 48.7 Å². The normalized spacial score (nSPS) is 12.2. The molecule has 0 aliphatic carbocycles. The first-order valence-electron chi connectivity index (χ1n) is 8.34. The van der Waals surface area contributed by atoms with Gasteiger partial charge in [0.2, 0.25) is 5.95 Å². The number of nitrogens with zero attached hydrogens (tertiary/aromatic N) is 2. The largest absolute Gasteiger partial charge is 0.256 e. The van der Waals surface area contributed by atoms with Crippen molar-refractivity contribution in [3.63, 3.8) is 0 Å². The summed E-state index contributed by atoms with van der Waals surface area (Å²) < 4.78 is 14.6. The number of halogens is 1. The summed E-state index contributed by atoms with van der Waals surface area (Å²) in [5.41, 5.74) is 3.54. The van der Waals surface area contributed by atoms with E-state index in [2.05, 4.69) is 55.0 Å². The van der Waals surface area contributed by atoms with Crippen molar-refractivity contribution in [2.45, 2.75) is 27.2 Å². The van der Waals surface area contributed by atoms with Crippen LogP contribution < -0.4 is 0 Å². The van der Waals surface area contributed by atoms with E-state index >= 15 is 0 Å². The van der Waals surface area contributed by atoms with Crippen LogP contribution in [0.4, 0.5) is 4.39 Å². The first kappa shape index (κ1) is 16.2. The van der Waals surface area contributed by atoms with Gasteiger partial charge in [0.15, 0.2) is 0 Å². The van der Waals surface area contributed by atoms with Crippen molar-refractivity contribution >= 4 is 31.6 Å². The standard InChI is InChI=1S/C21H19FN2S/c1-21(2,3)12-13-9-10-23-17(11-13)16-6-4-5-14-15-7-8-18(22)24-20(15)25-19(14)16/h4-11H,12H2,1-3H3. The molecule has 0 aliphatic rings. The highest BCUT2D eigenvalue weighted by Gasteiger charge is 2.15. The van der Waals surface area contributed by atoms with E-state index in [9.17, 15) is 4.39 Å². The minimum Gasteiger partial charge on any atom is -0.256 e. The molecule has 25 heavy (non-hydrogen) atoms. The summed E-state index contributed by atoms with van der Waals surface area (Å²) in [5.74, 6) is -0.439. The number of fused-ring (bicyclic) bond motifs is 3. The van der Waals surface area contributed by atoms with Gasteiger partial charge >= 0.3 is 0 Å². The molecule has 3 aromatic heterocycles. The number of hydrogen-bond acceptors (Lipinski definition) is 3. The Morgan fingerprint density at radius 2 is 1.88 bits per heavy atom. The first-order chi connectivity index (χ1) is 11.9. The van der Waals surface area contributed by atoms with E-state index in [4.69, 9.17) is 0 Å². The third-order valence-corrected chi connectivity index (χ3v) is 5.31. The zero-order valence-electron chi connectivity index (χ0n) is 14.5. The molecule has 126 valence electrons. The van der Waals surface area contributed by atoms with E-state index in [1.54, 1.807) is 0 Å². The van der Waals surface area contributed by atoms with Crippen molar-refractivity contribution in [1.29, 1.82) is 0 Å². The van der Waals surface area contributed by atoms with E-state index in [1.165, 1.54) is 23.0 Å². The number of rotatable bonds is 2. The van der Waals surface area contributed by atoms with Crippen LogP contribution in [0, 0.1) is 11.4 Å². The second-order valence-corrected chi connectivity index (χ2v) is 8.56. The fourth-order valence-electron chi connectivity index (χ4n) is 3.20. The summed E-state index contributed by atoms with van der Waals surface area (Å²) in [5, 5.41) is 2.10. The molecule has 0 unspecified atom stereocenters. The average molecular weight is 350 g/mol. The SMILES string of the molecule is CC(C)(C)Cc1ccnc(-c2cccc3c2sc2nc(F)ccc23)c1. The third kappa shape index (κ3) is 3.14. The number of hydrogen-bond donors (Lipinski definition) is 0. The predicted molar refractivity (Wildman–Crippen MR) is 103 cm³/mol. The molecule has 1 aromatic carbocycles. The Bertz CT molecular complexity index is 1080. The number of aromatic nitrogens is 2. The molecule has 0 saturated carbocycles. The van der Waals surface area contributed by atoms with Crippen LogP contribution in [-0.2, 0) is 6.42 Å². The molecule has 0 N–H and O–H groups in total. The molecule has 0 bridgehead atoms. The van der Waals surface area contributed by atoms with E-state index in [-0.39, 0.29) is 5.41 Å². The van der Waals surface area contributed by atoms with E-state index in [0.717, 1.165) is 38.0 Å². The maximum absolute atomic E-state index is 13.5. The van der Waals surface area contributed by atoms with Crippen LogP contribution >= 0.6 is 11.3 Å². The number of thiophene rings is 1. The molecule has 2 nitrogen and oxygen atoms in total. The fraction of sp³-hybridized carbons (Fsp3) is 0.238. The minimum absolute atomic E-state index is 0.226. The second kappa shape index (κ2) is 5.88. The highest BCUT2D eigenvalue weighted by molar-refractivity contribution is 7.26. The lowest BCUT2D eigenvalue weighted by atomic mass is 9.88. The highest BCUT2D eigenvalue weighted by Crippen LogP contribution is 2.38. The molecule has 4 rings (SSSR count). The monoisotopic (exact) mass is 350 g/mol. The van der Waals surface area contributed by atoms with Gasteiger partial charge in [-0.3, -0.25) is 4.98 Å². The molecule has 3 heterocycles. The molecule has 0 radical (unpaired) electrons. The van der Waals surface area contributed by atoms with Crippen molar-refractivity contribution in [2.75, 3.05) is 0 Å². The quantitative estimate of drug-likeness (QED) is 0.400. The minimum atomic E-state index is -0.439. The van der Waals surface area contributed by atoms with Crippen molar-refractivity contribution in [3.8, 4) is 11.3 Å². The van der Waals surface area contributed by atoms with Crippen LogP contribution in [0.2, 0.25) is 0 Å². The smallest absolute Gasteiger partial charge is 0.214 e. The Morgan fingerprint density at radius 3 is 2.68 bits per heavy atom. The number of pyridine rings is 2. The van der Waals surface area contributed by atoms with E-state index < -0.39 is 5.95 Å². The molecule has 4 heteroatoms. The van der Waals surface area contributed by atoms with E-state index in [1.807, 2.05) is 18.3 Å². The topological polar surface area (TPSA) is 25.8 Å². The zero-order valence-corrected chi connectivity index (χ0v) is 15.3. The van der Waals surface area contributed by atoms with Gasteiger partial charge in [0.05, 0.1) is 5.69 Å². The molecule has 0 fully saturated rings. The van der Waals surface area contributed by atoms with Crippen LogP contribution in [-0.4, -0.2) is 9.97 Å². The van der Waals surface area contributed by atoms with Gasteiger partial charge in [-0.25, -0.2) is 4.98 Å². The van der Waals surface area contributed by atoms with Crippen molar-refractivity contribution in [1.82, 2.24) is 9.97 Å². The second-order valence-electron chi connectivity index (χ2n) is 7.56. The lowest BCUT2D eigenvalue weighted by molar-refractivity contribution is 0.411. The summed E-state index contributed by atoms with van der Waals surface area (Å²) >= 11 is 1.53. The summed E-state index contributed by atoms with van der Waals surface area (Å²) in [4.78, 5) is 9.36. The Balaban J connectivity index is 1.89. The Hall–Kier alpha value is -2.33. The van der Waals surface area contributed by atoms with Gasteiger partial charge in [0, 0.05) is 27.2 Å². The summed E-state index contributed by atoms with van der Waals surface area (Å²) in [7, 11) is 0. The predicted octanol–water partition coefficient (Wildman–Crippen LogP) is 6.24. The Kier molecular flexibility index (Phi) is 3.80. The maximum Gasteiger partial charge on any atom is 0.214 e. The molecular weight excluding hydrogens is 331 g/mol. The third-order valence-electron chi connectivity index (χ3n) is 4.16. The zero-order chi connectivity index (χ0) is 17.6. The van der Waals surface area contributed by atoms with Gasteiger partial charge in [-0.15, -0.1) is 11.3 Å². The van der Waals surface area contributed by atoms with Gasteiger partial charge in [-0.05, 0) is 41.7 Å². The van der Waals surface area contributed by atoms with Gasteiger partial charge in [-0.2, -0.15) is 4.39 Å². The lowest BCUT2D eigenvalue weighted by Gasteiger charge is -2.18. The lowest BCUT2D eigenvalue weighted by Crippen LogP contribution is -2.09. The average Bonchev–Trinajstić information content (AvgIpc) is 2.90. The Morgan fingerprint density at radius 1 is 1.04 bits per heavy atom. The van der Waals surface area contributed by atoms with Crippen LogP contribution in [0.3, 0.4) is 0 Å². The van der Waals surface area contributed by atoms with E-state index in [0.29, 0.717) is 0 Å². The summed E-state index contributed by atoms with van der Waals surface area (Å²) in [6.45, 7) is 6.71. The van der Waals surface area contributed by atoms with Gasteiger partial charge in [-0.1, -0.05) is 39.0 Å². The van der Waals surface area contributed by atoms with Crippen LogP contribution in [0.25, 0.3) is 31.6 Å². The van der Waals surface area contributed by atoms with Gasteiger partial charge < -0.3 is 0 Å². The van der Waals surface area contributed by atoms with Crippen molar-refractivity contribution in [3.05, 3.63) is 60.2 Å². The molecule has 0 amide bonds. The maximum atomic E-state index is 13.5. The highest BCUT2D eigenvalue weighted by atomic mass is 32.1.